The van der Waals surface area contributed by atoms with Crippen LogP contribution >= 0.6 is 15.9 Å². The lowest BCUT2D eigenvalue weighted by atomic mass is 10.1. The minimum absolute atomic E-state index is 0.0338. The summed E-state index contributed by atoms with van der Waals surface area (Å²) >= 11 is 3.34. The van der Waals surface area contributed by atoms with Crippen molar-refractivity contribution in [2.75, 3.05) is 6.61 Å². The molecule has 0 saturated heterocycles. The van der Waals surface area contributed by atoms with Crippen molar-refractivity contribution in [3.8, 4) is 5.75 Å². The van der Waals surface area contributed by atoms with E-state index >= 15 is 0 Å². The summed E-state index contributed by atoms with van der Waals surface area (Å²) in [6.45, 7) is 6.91. The molecule has 156 valence electrons. The van der Waals surface area contributed by atoms with Crippen molar-refractivity contribution in [1.82, 2.24) is 10.2 Å². The van der Waals surface area contributed by atoms with E-state index in [-0.39, 0.29) is 19.1 Å². The molecule has 0 unspecified atom stereocenters. The second-order valence-electron chi connectivity index (χ2n) is 7.77. The minimum atomic E-state index is -0.796. The Hall–Kier alpha value is -2.41. The second kappa shape index (κ2) is 9.87. The molecule has 1 atom stereocenters. The Morgan fingerprint density at radius 2 is 1.76 bits per heavy atom. The third-order valence-electron chi connectivity index (χ3n) is 4.14. The lowest BCUT2D eigenvalue weighted by Crippen LogP contribution is -2.53. The van der Waals surface area contributed by atoms with Crippen LogP contribution in [0.15, 0.2) is 53.0 Å². The van der Waals surface area contributed by atoms with Gasteiger partial charge in [0.2, 0.25) is 5.91 Å². The average molecular weight is 465 g/mol. The molecule has 1 N–H and O–H groups in total. The summed E-state index contributed by atoms with van der Waals surface area (Å²) in [5, 5.41) is 2.86. The summed E-state index contributed by atoms with van der Waals surface area (Å²) in [6, 6.07) is 12.5. The van der Waals surface area contributed by atoms with Crippen molar-refractivity contribution in [2.45, 2.75) is 45.8 Å². The van der Waals surface area contributed by atoms with E-state index in [2.05, 4.69) is 21.2 Å². The molecule has 7 heteroatoms. The molecule has 0 aromatic heterocycles. The van der Waals surface area contributed by atoms with Crippen LogP contribution in [0.3, 0.4) is 0 Å². The van der Waals surface area contributed by atoms with Crippen LogP contribution in [0.5, 0.6) is 5.75 Å². The van der Waals surface area contributed by atoms with E-state index < -0.39 is 23.3 Å². The average Bonchev–Trinajstić information content (AvgIpc) is 2.65. The number of rotatable bonds is 7. The highest BCUT2D eigenvalue weighted by molar-refractivity contribution is 9.10. The SMILES string of the molecule is C[C@@H](C(=O)NC(C)(C)C)N(Cc1ccccc1F)C(=O)COc1ccc(Br)cc1. The van der Waals surface area contributed by atoms with Crippen molar-refractivity contribution in [3.05, 3.63) is 64.4 Å². The van der Waals surface area contributed by atoms with Crippen molar-refractivity contribution in [2.24, 2.45) is 0 Å². The van der Waals surface area contributed by atoms with Crippen molar-refractivity contribution in [3.63, 3.8) is 0 Å². The van der Waals surface area contributed by atoms with Crippen LogP contribution in [0.1, 0.15) is 33.3 Å². The monoisotopic (exact) mass is 464 g/mol. The fourth-order valence-corrected chi connectivity index (χ4v) is 2.89. The summed E-state index contributed by atoms with van der Waals surface area (Å²) in [4.78, 5) is 26.9. The zero-order valence-electron chi connectivity index (χ0n) is 17.0. The minimum Gasteiger partial charge on any atom is -0.484 e. The van der Waals surface area contributed by atoms with Gasteiger partial charge in [-0.05, 0) is 58.0 Å². The third kappa shape index (κ3) is 7.16. The predicted molar refractivity (Wildman–Crippen MR) is 114 cm³/mol. The molecule has 0 spiro atoms. The molecular formula is C22H26BrFN2O3. The van der Waals surface area contributed by atoms with Gasteiger partial charge in [-0.15, -0.1) is 0 Å². The molecule has 2 rings (SSSR count). The Kier molecular flexibility index (Phi) is 7.79. The Balaban J connectivity index is 2.18. The molecule has 2 aromatic rings. The molecule has 0 fully saturated rings. The lowest BCUT2D eigenvalue weighted by molar-refractivity contribution is -0.142. The molecule has 29 heavy (non-hydrogen) atoms. The molecule has 0 bridgehead atoms. The maximum absolute atomic E-state index is 14.2. The fraction of sp³-hybridized carbons (Fsp3) is 0.364. The summed E-state index contributed by atoms with van der Waals surface area (Å²) in [6.07, 6.45) is 0. The molecule has 0 radical (unpaired) electrons. The first kappa shape index (κ1) is 22.9. The first-order valence-corrected chi connectivity index (χ1v) is 10.1. The molecule has 5 nitrogen and oxygen atoms in total. The van der Waals surface area contributed by atoms with Crippen LogP contribution in [0.4, 0.5) is 4.39 Å². The normalized spacial score (nSPS) is 12.2. The molecule has 0 aliphatic rings. The number of hydrogen-bond donors (Lipinski definition) is 1. The van der Waals surface area contributed by atoms with Crippen LogP contribution in [0.25, 0.3) is 0 Å². The predicted octanol–water partition coefficient (Wildman–Crippen LogP) is 4.30. The van der Waals surface area contributed by atoms with Gasteiger partial charge in [-0.25, -0.2) is 4.39 Å². The number of ether oxygens (including phenoxy) is 1. The number of nitrogens with zero attached hydrogens (tertiary/aromatic N) is 1. The number of amides is 2. The van der Waals surface area contributed by atoms with E-state index in [1.807, 2.05) is 20.8 Å². The third-order valence-corrected chi connectivity index (χ3v) is 4.67. The summed E-state index contributed by atoms with van der Waals surface area (Å²) in [5.74, 6) is -0.625. The molecule has 0 aliphatic carbocycles. The van der Waals surface area contributed by atoms with E-state index in [1.165, 1.54) is 11.0 Å². The lowest BCUT2D eigenvalue weighted by Gasteiger charge is -2.31. The molecule has 0 saturated carbocycles. The highest BCUT2D eigenvalue weighted by atomic mass is 79.9. The maximum Gasteiger partial charge on any atom is 0.261 e. The van der Waals surface area contributed by atoms with Crippen molar-refractivity contribution in [1.29, 1.82) is 0 Å². The van der Waals surface area contributed by atoms with Gasteiger partial charge in [0.25, 0.3) is 5.91 Å². The summed E-state index contributed by atoms with van der Waals surface area (Å²) in [7, 11) is 0. The zero-order valence-corrected chi connectivity index (χ0v) is 18.6. The summed E-state index contributed by atoms with van der Waals surface area (Å²) in [5.41, 5.74) is -0.119. The van der Waals surface area contributed by atoms with E-state index in [9.17, 15) is 14.0 Å². The highest BCUT2D eigenvalue weighted by Gasteiger charge is 2.29. The van der Waals surface area contributed by atoms with Gasteiger partial charge in [-0.2, -0.15) is 0 Å². The fourth-order valence-electron chi connectivity index (χ4n) is 2.63. The van der Waals surface area contributed by atoms with Crippen LogP contribution in [0, 0.1) is 5.82 Å². The molecule has 0 aliphatic heterocycles. The van der Waals surface area contributed by atoms with Crippen LogP contribution < -0.4 is 10.1 Å². The first-order chi connectivity index (χ1) is 13.6. The first-order valence-electron chi connectivity index (χ1n) is 9.30. The topological polar surface area (TPSA) is 58.6 Å². The van der Waals surface area contributed by atoms with Gasteiger partial charge in [0.05, 0.1) is 0 Å². The standard InChI is InChI=1S/C22H26BrFN2O3/c1-15(21(28)25-22(2,3)4)26(13-16-7-5-6-8-19(16)24)20(27)14-29-18-11-9-17(23)10-12-18/h5-12,15H,13-14H2,1-4H3,(H,25,28)/t15-/m0/s1. The number of carbonyl (C=O) groups is 2. The Morgan fingerprint density at radius 1 is 1.14 bits per heavy atom. The Morgan fingerprint density at radius 3 is 2.34 bits per heavy atom. The smallest absolute Gasteiger partial charge is 0.261 e. The molecule has 2 aromatic carbocycles. The van der Waals surface area contributed by atoms with Gasteiger partial charge in [-0.1, -0.05) is 34.1 Å². The molecule has 0 heterocycles. The van der Waals surface area contributed by atoms with Crippen LogP contribution in [-0.4, -0.2) is 34.9 Å². The largest absolute Gasteiger partial charge is 0.484 e. The van der Waals surface area contributed by atoms with Gasteiger partial charge < -0.3 is 15.0 Å². The van der Waals surface area contributed by atoms with E-state index in [4.69, 9.17) is 4.74 Å². The van der Waals surface area contributed by atoms with Gasteiger partial charge in [-0.3, -0.25) is 9.59 Å². The molecular weight excluding hydrogens is 439 g/mol. The van der Waals surface area contributed by atoms with Crippen molar-refractivity contribution < 1.29 is 18.7 Å². The van der Waals surface area contributed by atoms with Gasteiger partial charge in [0.1, 0.15) is 17.6 Å². The molecule has 2 amide bonds. The van der Waals surface area contributed by atoms with Gasteiger partial charge in [0.15, 0.2) is 6.61 Å². The highest BCUT2D eigenvalue weighted by Crippen LogP contribution is 2.17. The van der Waals surface area contributed by atoms with E-state index in [0.29, 0.717) is 11.3 Å². The van der Waals surface area contributed by atoms with Gasteiger partial charge in [0, 0.05) is 22.1 Å². The van der Waals surface area contributed by atoms with Crippen LogP contribution in [0.2, 0.25) is 0 Å². The number of benzene rings is 2. The number of nitrogens with one attached hydrogen (secondary N) is 1. The van der Waals surface area contributed by atoms with Crippen LogP contribution in [-0.2, 0) is 16.1 Å². The van der Waals surface area contributed by atoms with Crippen molar-refractivity contribution >= 4 is 27.7 Å². The number of carbonyl (C=O) groups excluding carboxylic acids is 2. The van der Waals surface area contributed by atoms with E-state index in [0.717, 1.165) is 4.47 Å². The number of halogens is 2. The van der Waals surface area contributed by atoms with E-state index in [1.54, 1.807) is 49.4 Å². The Bertz CT molecular complexity index is 850. The second-order valence-corrected chi connectivity index (χ2v) is 8.69. The number of hydrogen-bond acceptors (Lipinski definition) is 3. The quantitative estimate of drug-likeness (QED) is 0.664. The zero-order chi connectivity index (χ0) is 21.6. The Labute approximate surface area is 179 Å². The summed E-state index contributed by atoms with van der Waals surface area (Å²) < 4.78 is 20.6. The maximum atomic E-state index is 14.2. The van der Waals surface area contributed by atoms with Gasteiger partial charge >= 0.3 is 0 Å².